The van der Waals surface area contributed by atoms with Crippen molar-refractivity contribution >= 4 is 18.1 Å². The molecule has 0 spiro atoms. The lowest BCUT2D eigenvalue weighted by Crippen LogP contribution is -2.38. The third kappa shape index (κ3) is 8.64. The number of pyridine rings is 1. The van der Waals surface area contributed by atoms with Gasteiger partial charge in [-0.25, -0.2) is 4.79 Å². The summed E-state index contributed by atoms with van der Waals surface area (Å²) in [5, 5.41) is 2.81. The Morgan fingerprint density at radius 2 is 2.07 bits per heavy atom. The van der Waals surface area contributed by atoms with E-state index in [1.54, 1.807) is 29.4 Å². The normalized spacial score (nSPS) is 11.4. The summed E-state index contributed by atoms with van der Waals surface area (Å²) in [5.74, 6) is 1.21. The zero-order chi connectivity index (χ0) is 21.3. The number of hydrogen-bond acceptors (Lipinski definition) is 5. The molecule has 0 fully saturated rings. The van der Waals surface area contributed by atoms with Gasteiger partial charge in [0.25, 0.3) is 0 Å². The van der Waals surface area contributed by atoms with Gasteiger partial charge in [-0.3, -0.25) is 9.78 Å². The third-order valence-corrected chi connectivity index (χ3v) is 3.81. The maximum Gasteiger partial charge on any atom is 0.410 e. The Morgan fingerprint density at radius 3 is 2.69 bits per heavy atom. The van der Waals surface area contributed by atoms with Crippen molar-refractivity contribution in [2.75, 3.05) is 13.1 Å². The Balaban J connectivity index is 1.84. The number of nitrogens with zero attached hydrogens (tertiary/aromatic N) is 2. The first-order valence-corrected chi connectivity index (χ1v) is 9.62. The highest BCUT2D eigenvalue weighted by Gasteiger charge is 2.22. The van der Waals surface area contributed by atoms with Crippen LogP contribution in [0.5, 0.6) is 0 Å². The maximum absolute atomic E-state index is 12.5. The minimum atomic E-state index is -0.576. The number of amides is 2. The molecule has 0 bridgehead atoms. The van der Waals surface area contributed by atoms with Crippen LogP contribution < -0.4 is 5.32 Å². The van der Waals surface area contributed by atoms with E-state index in [1.165, 1.54) is 6.08 Å². The number of aryl methyl sites for hydroxylation is 1. The Kier molecular flexibility index (Phi) is 8.00. The molecule has 2 heterocycles. The fraction of sp³-hybridized carbons (Fsp3) is 0.409. The summed E-state index contributed by atoms with van der Waals surface area (Å²) < 4.78 is 10.9. The van der Waals surface area contributed by atoms with Crippen LogP contribution in [0.1, 0.15) is 44.3 Å². The smallest absolute Gasteiger partial charge is 0.410 e. The van der Waals surface area contributed by atoms with Gasteiger partial charge in [0.15, 0.2) is 0 Å². The highest BCUT2D eigenvalue weighted by Crippen LogP contribution is 2.13. The molecule has 0 saturated carbocycles. The molecule has 0 radical (unpaired) electrons. The first kappa shape index (κ1) is 22.2. The van der Waals surface area contributed by atoms with Crippen molar-refractivity contribution in [3.63, 3.8) is 0 Å². The standard InChI is InChI=1S/C22H29N3O4/c1-17-8-9-19(28-17)10-11-20(26)24-13-6-14-25(21(27)29-22(2,3)4)16-18-7-5-12-23-15-18/h5,7-12,15H,6,13-14,16H2,1-4H3,(H,24,26). The summed E-state index contributed by atoms with van der Waals surface area (Å²) in [6.45, 7) is 8.63. The molecule has 0 atom stereocenters. The summed E-state index contributed by atoms with van der Waals surface area (Å²) in [4.78, 5) is 30.2. The minimum absolute atomic E-state index is 0.213. The second-order valence-electron chi connectivity index (χ2n) is 7.69. The van der Waals surface area contributed by atoms with Crippen molar-refractivity contribution in [1.82, 2.24) is 15.2 Å². The summed E-state index contributed by atoms with van der Waals surface area (Å²) >= 11 is 0. The molecule has 2 amide bonds. The molecule has 0 unspecified atom stereocenters. The van der Waals surface area contributed by atoms with E-state index in [9.17, 15) is 9.59 Å². The zero-order valence-electron chi connectivity index (χ0n) is 17.5. The topological polar surface area (TPSA) is 84.7 Å². The average Bonchev–Trinajstić information content (AvgIpc) is 3.07. The van der Waals surface area contributed by atoms with Gasteiger partial charge in [-0.2, -0.15) is 0 Å². The van der Waals surface area contributed by atoms with E-state index in [1.807, 2.05) is 45.9 Å². The van der Waals surface area contributed by atoms with E-state index < -0.39 is 5.60 Å². The molecule has 2 rings (SSSR count). The molecule has 2 aromatic heterocycles. The SMILES string of the molecule is Cc1ccc(C=CC(=O)NCCCN(Cc2cccnc2)C(=O)OC(C)(C)C)o1. The van der Waals surface area contributed by atoms with Gasteiger partial charge in [0.2, 0.25) is 5.91 Å². The van der Waals surface area contributed by atoms with E-state index in [-0.39, 0.29) is 12.0 Å². The monoisotopic (exact) mass is 399 g/mol. The number of rotatable bonds is 8. The Bertz CT molecular complexity index is 822. The molecule has 7 nitrogen and oxygen atoms in total. The van der Waals surface area contributed by atoms with Crippen LogP contribution in [0.2, 0.25) is 0 Å². The molecule has 7 heteroatoms. The molecule has 29 heavy (non-hydrogen) atoms. The Hall–Kier alpha value is -3.09. The van der Waals surface area contributed by atoms with Gasteiger partial charge in [0.05, 0.1) is 6.54 Å². The lowest BCUT2D eigenvalue weighted by Gasteiger charge is -2.27. The van der Waals surface area contributed by atoms with Crippen molar-refractivity contribution in [2.45, 2.75) is 46.3 Å². The number of furan rings is 1. The van der Waals surface area contributed by atoms with Crippen molar-refractivity contribution in [2.24, 2.45) is 0 Å². The first-order chi connectivity index (χ1) is 13.7. The first-order valence-electron chi connectivity index (χ1n) is 9.62. The number of carbonyl (C=O) groups is 2. The van der Waals surface area contributed by atoms with Crippen molar-refractivity contribution in [3.05, 3.63) is 59.8 Å². The molecule has 0 aliphatic rings. The van der Waals surface area contributed by atoms with Crippen molar-refractivity contribution < 1.29 is 18.7 Å². The molecule has 1 N–H and O–H groups in total. The summed E-state index contributed by atoms with van der Waals surface area (Å²) in [6, 6.07) is 7.38. The van der Waals surface area contributed by atoms with Gasteiger partial charge in [0.1, 0.15) is 17.1 Å². The average molecular weight is 399 g/mol. The fourth-order valence-corrected chi connectivity index (χ4v) is 2.51. The number of nitrogens with one attached hydrogen (secondary N) is 1. The van der Waals surface area contributed by atoms with Gasteiger partial charge >= 0.3 is 6.09 Å². The molecule has 156 valence electrons. The van der Waals surface area contributed by atoms with Crippen LogP contribution in [-0.2, 0) is 16.1 Å². The van der Waals surface area contributed by atoms with Crippen LogP contribution in [0.15, 0.2) is 47.2 Å². The van der Waals surface area contributed by atoms with Crippen LogP contribution in [0.4, 0.5) is 4.79 Å². The molecule has 2 aromatic rings. The molecular formula is C22H29N3O4. The van der Waals surface area contributed by atoms with E-state index in [0.29, 0.717) is 31.8 Å². The predicted octanol–water partition coefficient (Wildman–Crippen LogP) is 3.94. The Labute approximate surface area is 171 Å². The van der Waals surface area contributed by atoms with Crippen LogP contribution >= 0.6 is 0 Å². The fourth-order valence-electron chi connectivity index (χ4n) is 2.51. The van der Waals surface area contributed by atoms with Gasteiger partial charge in [-0.15, -0.1) is 0 Å². The van der Waals surface area contributed by atoms with E-state index >= 15 is 0 Å². The van der Waals surface area contributed by atoms with Crippen molar-refractivity contribution in [1.29, 1.82) is 0 Å². The van der Waals surface area contributed by atoms with Gasteiger partial charge in [0, 0.05) is 31.6 Å². The summed E-state index contributed by atoms with van der Waals surface area (Å²) in [6.07, 6.45) is 6.67. The van der Waals surface area contributed by atoms with Crippen LogP contribution in [0, 0.1) is 6.92 Å². The van der Waals surface area contributed by atoms with Crippen LogP contribution in [0.25, 0.3) is 6.08 Å². The number of carbonyl (C=O) groups excluding carboxylic acids is 2. The lowest BCUT2D eigenvalue weighted by molar-refractivity contribution is -0.116. The predicted molar refractivity (Wildman–Crippen MR) is 111 cm³/mol. The Morgan fingerprint density at radius 1 is 1.28 bits per heavy atom. The summed E-state index contributed by atoms with van der Waals surface area (Å²) in [7, 11) is 0. The number of ether oxygens (including phenoxy) is 1. The molecular weight excluding hydrogens is 370 g/mol. The van der Waals surface area contributed by atoms with E-state index in [2.05, 4.69) is 10.3 Å². The maximum atomic E-state index is 12.5. The zero-order valence-corrected chi connectivity index (χ0v) is 17.5. The highest BCUT2D eigenvalue weighted by atomic mass is 16.6. The molecule has 0 aliphatic carbocycles. The molecule has 0 aliphatic heterocycles. The quantitative estimate of drug-likeness (QED) is 0.537. The second-order valence-corrected chi connectivity index (χ2v) is 7.69. The van der Waals surface area contributed by atoms with Gasteiger partial charge < -0.3 is 19.4 Å². The third-order valence-electron chi connectivity index (χ3n) is 3.81. The van der Waals surface area contributed by atoms with Crippen LogP contribution in [-0.4, -0.2) is 40.6 Å². The van der Waals surface area contributed by atoms with E-state index in [0.717, 1.165) is 11.3 Å². The van der Waals surface area contributed by atoms with E-state index in [4.69, 9.17) is 9.15 Å². The number of hydrogen-bond donors (Lipinski definition) is 1. The van der Waals surface area contributed by atoms with Gasteiger partial charge in [-0.05, 0) is 64.0 Å². The highest BCUT2D eigenvalue weighted by molar-refractivity contribution is 5.91. The molecule has 0 saturated heterocycles. The lowest BCUT2D eigenvalue weighted by atomic mass is 10.2. The van der Waals surface area contributed by atoms with Gasteiger partial charge in [-0.1, -0.05) is 6.07 Å². The summed E-state index contributed by atoms with van der Waals surface area (Å²) in [5.41, 5.74) is 0.340. The minimum Gasteiger partial charge on any atom is -0.462 e. The second kappa shape index (κ2) is 10.5. The largest absolute Gasteiger partial charge is 0.462 e. The van der Waals surface area contributed by atoms with Crippen LogP contribution in [0.3, 0.4) is 0 Å². The molecule has 0 aromatic carbocycles. The number of aromatic nitrogens is 1. The van der Waals surface area contributed by atoms with Crippen molar-refractivity contribution in [3.8, 4) is 0 Å².